The number of benzene rings is 3. The van der Waals surface area contributed by atoms with Crippen molar-refractivity contribution in [3.63, 3.8) is 0 Å². The van der Waals surface area contributed by atoms with E-state index in [1.54, 1.807) is 43.3 Å². The maximum Gasteiger partial charge on any atom is 0.258 e. The normalized spacial score (nSPS) is 10.3. The van der Waals surface area contributed by atoms with E-state index in [0.29, 0.717) is 24.5 Å². The van der Waals surface area contributed by atoms with Gasteiger partial charge in [0.05, 0.1) is 13.2 Å². The summed E-state index contributed by atoms with van der Waals surface area (Å²) in [6.07, 6.45) is 0. The Hall–Kier alpha value is -3.84. The molecule has 0 saturated carbocycles. The second-order valence-electron chi connectivity index (χ2n) is 7.04. The maximum absolute atomic E-state index is 12.6. The molecule has 0 atom stereocenters. The second-order valence-corrected chi connectivity index (χ2v) is 7.04. The van der Waals surface area contributed by atoms with Crippen molar-refractivity contribution in [1.82, 2.24) is 0 Å². The molecule has 0 aliphatic rings. The Kier molecular flexibility index (Phi) is 8.22. The molecule has 7 nitrogen and oxygen atoms in total. The molecule has 7 heteroatoms. The molecule has 32 heavy (non-hydrogen) atoms. The van der Waals surface area contributed by atoms with Gasteiger partial charge in [0.25, 0.3) is 5.91 Å². The Morgan fingerprint density at radius 1 is 0.844 bits per heavy atom. The molecular weight excluding hydrogens is 406 g/mol. The average molecular weight is 434 g/mol. The van der Waals surface area contributed by atoms with Crippen LogP contribution in [0, 0.1) is 0 Å². The van der Waals surface area contributed by atoms with Gasteiger partial charge in [-0.1, -0.05) is 18.2 Å². The molecule has 0 fully saturated rings. The highest BCUT2D eigenvalue weighted by molar-refractivity contribution is 6.06. The van der Waals surface area contributed by atoms with Gasteiger partial charge in [0.2, 0.25) is 5.91 Å². The molecule has 0 spiro atoms. The van der Waals surface area contributed by atoms with E-state index in [-0.39, 0.29) is 18.4 Å². The number of nitrogens with zero attached hydrogens (tertiary/aromatic N) is 1. The first-order valence-electron chi connectivity index (χ1n) is 10.3. The van der Waals surface area contributed by atoms with Gasteiger partial charge in [0.15, 0.2) is 0 Å². The fourth-order valence-corrected chi connectivity index (χ4v) is 2.96. The number of para-hydroxylation sites is 1. The largest absolute Gasteiger partial charge is 0.491 e. The smallest absolute Gasteiger partial charge is 0.258 e. The Balaban J connectivity index is 1.47. The van der Waals surface area contributed by atoms with E-state index in [2.05, 4.69) is 10.6 Å². The zero-order valence-electron chi connectivity index (χ0n) is 18.2. The minimum Gasteiger partial charge on any atom is -0.491 e. The highest BCUT2D eigenvalue weighted by atomic mass is 16.5. The summed E-state index contributed by atoms with van der Waals surface area (Å²) in [4.78, 5) is 26.5. The van der Waals surface area contributed by atoms with Crippen LogP contribution in [-0.2, 0) is 9.53 Å². The summed E-state index contributed by atoms with van der Waals surface area (Å²) in [5.41, 5.74) is 2.79. The number of methoxy groups -OCH3 is 1. The van der Waals surface area contributed by atoms with E-state index in [1.807, 2.05) is 54.6 Å². The summed E-state index contributed by atoms with van der Waals surface area (Å²) in [7, 11) is 3.36. The minimum atomic E-state index is -0.189. The van der Waals surface area contributed by atoms with Crippen LogP contribution < -0.4 is 20.3 Å². The van der Waals surface area contributed by atoms with Gasteiger partial charge in [0.1, 0.15) is 12.4 Å². The third-order valence-electron chi connectivity index (χ3n) is 4.73. The van der Waals surface area contributed by atoms with Gasteiger partial charge >= 0.3 is 0 Å². The molecule has 0 heterocycles. The first-order valence-corrected chi connectivity index (χ1v) is 10.3. The molecule has 2 N–H and O–H groups in total. The van der Waals surface area contributed by atoms with Crippen LogP contribution in [0.25, 0.3) is 0 Å². The Labute approximate surface area is 188 Å². The summed E-state index contributed by atoms with van der Waals surface area (Å²) in [5, 5.41) is 5.89. The van der Waals surface area contributed by atoms with Gasteiger partial charge in [0, 0.05) is 36.8 Å². The highest BCUT2D eigenvalue weighted by Crippen LogP contribution is 2.17. The molecule has 0 unspecified atom stereocenters. The number of amides is 2. The quantitative estimate of drug-likeness (QED) is 0.472. The Morgan fingerprint density at radius 2 is 1.50 bits per heavy atom. The monoisotopic (exact) mass is 433 g/mol. The fraction of sp³-hybridized carbons (Fsp3) is 0.200. The second kappa shape index (κ2) is 11.5. The Morgan fingerprint density at radius 3 is 2.16 bits per heavy atom. The van der Waals surface area contributed by atoms with Crippen molar-refractivity contribution in [3.05, 3.63) is 84.4 Å². The number of rotatable bonds is 10. The molecule has 2 amide bonds. The number of carbonyl (C=O) groups excluding carboxylic acids is 2. The number of ether oxygens (including phenoxy) is 2. The van der Waals surface area contributed by atoms with Crippen LogP contribution in [0.5, 0.6) is 5.75 Å². The fourth-order valence-electron chi connectivity index (χ4n) is 2.96. The molecule has 0 aromatic heterocycles. The molecule has 0 bridgehead atoms. The van der Waals surface area contributed by atoms with Crippen LogP contribution in [0.15, 0.2) is 78.9 Å². The van der Waals surface area contributed by atoms with E-state index in [1.165, 1.54) is 0 Å². The number of carbonyl (C=O) groups is 2. The van der Waals surface area contributed by atoms with Gasteiger partial charge < -0.3 is 25.0 Å². The molecule has 0 saturated heterocycles. The molecule has 0 aliphatic heterocycles. The number of anilines is 3. The first kappa shape index (κ1) is 22.8. The first-order chi connectivity index (χ1) is 15.6. The molecule has 0 radical (unpaired) electrons. The predicted molar refractivity (Wildman–Crippen MR) is 127 cm³/mol. The van der Waals surface area contributed by atoms with Crippen LogP contribution in [-0.4, -0.2) is 45.7 Å². The van der Waals surface area contributed by atoms with Gasteiger partial charge in [-0.3, -0.25) is 9.59 Å². The molecule has 166 valence electrons. The van der Waals surface area contributed by atoms with Crippen LogP contribution in [0.2, 0.25) is 0 Å². The number of nitrogens with one attached hydrogen (secondary N) is 2. The van der Waals surface area contributed by atoms with Crippen molar-refractivity contribution in [3.8, 4) is 5.75 Å². The average Bonchev–Trinajstić information content (AvgIpc) is 2.84. The van der Waals surface area contributed by atoms with Crippen molar-refractivity contribution < 1.29 is 19.1 Å². The lowest BCUT2D eigenvalue weighted by Crippen LogP contribution is -2.26. The van der Waals surface area contributed by atoms with Crippen LogP contribution in [0.1, 0.15) is 10.4 Å². The van der Waals surface area contributed by atoms with Crippen molar-refractivity contribution in [2.24, 2.45) is 0 Å². The third-order valence-corrected chi connectivity index (χ3v) is 4.73. The minimum absolute atomic E-state index is 0.112. The molecular formula is C25H27N3O4. The number of hydrogen-bond donors (Lipinski definition) is 2. The SMILES string of the molecule is COCCOc1ccc(NCC(=O)Nc2ccc(C(=O)N(C)c3ccccc3)cc2)cc1. The van der Waals surface area contributed by atoms with E-state index in [9.17, 15) is 9.59 Å². The summed E-state index contributed by atoms with van der Waals surface area (Å²) < 4.78 is 10.5. The van der Waals surface area contributed by atoms with Crippen LogP contribution in [0.4, 0.5) is 17.1 Å². The molecule has 3 rings (SSSR count). The maximum atomic E-state index is 12.6. The van der Waals surface area contributed by atoms with Gasteiger partial charge in [-0.2, -0.15) is 0 Å². The van der Waals surface area contributed by atoms with Crippen LogP contribution in [0.3, 0.4) is 0 Å². The summed E-state index contributed by atoms with van der Waals surface area (Å²) >= 11 is 0. The standard InChI is InChI=1S/C25H27N3O4/c1-28(22-6-4-3-5-7-22)25(30)19-8-10-21(11-9-19)27-24(29)18-26-20-12-14-23(15-13-20)32-17-16-31-2/h3-15,26H,16-18H2,1-2H3,(H,27,29). The third kappa shape index (κ3) is 6.58. The van der Waals surface area contributed by atoms with Crippen molar-refractivity contribution in [2.45, 2.75) is 0 Å². The molecule has 0 aliphatic carbocycles. The molecule has 3 aromatic rings. The van der Waals surface area contributed by atoms with Crippen molar-refractivity contribution in [2.75, 3.05) is 49.4 Å². The summed E-state index contributed by atoms with van der Waals surface area (Å²) in [6, 6.07) is 23.6. The topological polar surface area (TPSA) is 79.9 Å². The zero-order chi connectivity index (χ0) is 22.8. The predicted octanol–water partition coefficient (Wildman–Crippen LogP) is 4.04. The van der Waals surface area contributed by atoms with Crippen molar-refractivity contribution >= 4 is 28.9 Å². The number of hydrogen-bond acceptors (Lipinski definition) is 5. The van der Waals surface area contributed by atoms with Crippen molar-refractivity contribution in [1.29, 1.82) is 0 Å². The lowest BCUT2D eigenvalue weighted by atomic mass is 10.1. The van der Waals surface area contributed by atoms with Gasteiger partial charge in [-0.05, 0) is 60.7 Å². The van der Waals surface area contributed by atoms with Gasteiger partial charge in [-0.25, -0.2) is 0 Å². The van der Waals surface area contributed by atoms with E-state index >= 15 is 0 Å². The lowest BCUT2D eigenvalue weighted by Gasteiger charge is -2.17. The van der Waals surface area contributed by atoms with Crippen LogP contribution >= 0.6 is 0 Å². The van der Waals surface area contributed by atoms with E-state index in [0.717, 1.165) is 17.1 Å². The molecule has 3 aromatic carbocycles. The zero-order valence-corrected chi connectivity index (χ0v) is 18.2. The summed E-state index contributed by atoms with van der Waals surface area (Å²) in [6.45, 7) is 1.12. The highest BCUT2D eigenvalue weighted by Gasteiger charge is 2.13. The van der Waals surface area contributed by atoms with E-state index < -0.39 is 0 Å². The van der Waals surface area contributed by atoms with Gasteiger partial charge in [-0.15, -0.1) is 0 Å². The Bertz CT molecular complexity index is 1010. The van der Waals surface area contributed by atoms with E-state index in [4.69, 9.17) is 9.47 Å². The summed E-state index contributed by atoms with van der Waals surface area (Å²) in [5.74, 6) is 0.431. The lowest BCUT2D eigenvalue weighted by molar-refractivity contribution is -0.114.